The third-order valence-electron chi connectivity index (χ3n) is 2.18. The minimum absolute atomic E-state index is 0.0283. The summed E-state index contributed by atoms with van der Waals surface area (Å²) in [6, 6.07) is 8.75. The van der Waals surface area contributed by atoms with Gasteiger partial charge in [-0.1, -0.05) is 18.2 Å². The molecule has 0 atom stereocenters. The Morgan fingerprint density at radius 3 is 2.76 bits per heavy atom. The fourth-order valence-corrected chi connectivity index (χ4v) is 2.25. The van der Waals surface area contributed by atoms with E-state index in [1.807, 2.05) is 12.1 Å². The number of pyridine rings is 1. The fraction of sp³-hybridized carbons (Fsp3) is 0.182. The molecule has 0 radical (unpaired) electrons. The first kappa shape index (κ1) is 11.8. The molecule has 0 saturated carbocycles. The van der Waals surface area contributed by atoms with E-state index in [0.717, 1.165) is 5.39 Å². The minimum atomic E-state index is -3.64. The molecule has 1 heterocycles. The lowest BCUT2D eigenvalue weighted by Crippen LogP contribution is -2.20. The number of aromatic nitrogens is 1. The molecule has 5 nitrogen and oxygen atoms in total. The van der Waals surface area contributed by atoms with Crippen molar-refractivity contribution in [1.29, 1.82) is 0 Å². The number of nitrogens with zero attached hydrogens (tertiary/aromatic N) is 1. The van der Waals surface area contributed by atoms with E-state index in [-0.39, 0.29) is 18.0 Å². The van der Waals surface area contributed by atoms with Gasteiger partial charge in [-0.2, -0.15) is 8.42 Å². The zero-order valence-electron chi connectivity index (χ0n) is 9.04. The Hall–Kier alpha value is -1.66. The second-order valence-electron chi connectivity index (χ2n) is 3.47. The summed E-state index contributed by atoms with van der Waals surface area (Å²) in [5.74, 6) is 0.0208. The third-order valence-corrected chi connectivity index (χ3v) is 3.35. The monoisotopic (exact) mass is 252 g/mol. The molecule has 0 aliphatic rings. The van der Waals surface area contributed by atoms with Crippen molar-refractivity contribution >= 4 is 21.0 Å². The van der Waals surface area contributed by atoms with Gasteiger partial charge < -0.3 is 9.92 Å². The first-order valence-corrected chi connectivity index (χ1v) is 6.66. The molecule has 0 amide bonds. The molecule has 1 aromatic carbocycles. The largest absolute Gasteiger partial charge is 0.380 e. The molecule has 0 fully saturated rings. The van der Waals surface area contributed by atoms with Gasteiger partial charge in [-0.3, -0.25) is 4.98 Å². The molecule has 0 unspecified atom stereocenters. The van der Waals surface area contributed by atoms with Gasteiger partial charge in [0.05, 0.1) is 5.75 Å². The van der Waals surface area contributed by atoms with E-state index in [2.05, 4.69) is 4.98 Å². The van der Waals surface area contributed by atoms with Crippen LogP contribution in [0.15, 0.2) is 36.5 Å². The number of hydrogen-bond donors (Lipinski definition) is 1. The maximum absolute atomic E-state index is 11.5. The second-order valence-corrected chi connectivity index (χ2v) is 5.16. The summed E-state index contributed by atoms with van der Waals surface area (Å²) in [6.45, 7) is 0.0283. The summed E-state index contributed by atoms with van der Waals surface area (Å²) in [4.78, 5) is 4.10. The topological polar surface area (TPSA) is 82.3 Å². The smallest absolute Gasteiger partial charge is 0.310 e. The van der Waals surface area contributed by atoms with Crippen molar-refractivity contribution in [1.82, 2.24) is 4.98 Å². The van der Waals surface area contributed by atoms with E-state index in [4.69, 9.17) is 9.92 Å². The molecule has 0 bridgehead atoms. The van der Waals surface area contributed by atoms with Gasteiger partial charge in [-0.05, 0) is 12.1 Å². The van der Waals surface area contributed by atoms with E-state index in [0.29, 0.717) is 5.52 Å². The van der Waals surface area contributed by atoms with Crippen LogP contribution in [0.2, 0.25) is 0 Å². The van der Waals surface area contributed by atoms with E-state index in [9.17, 15) is 8.42 Å². The van der Waals surface area contributed by atoms with Crippen LogP contribution in [0.25, 0.3) is 10.9 Å². The van der Waals surface area contributed by atoms with Gasteiger partial charge in [-0.25, -0.2) is 0 Å². The van der Waals surface area contributed by atoms with Gasteiger partial charge in [0, 0.05) is 18.1 Å². The zero-order chi connectivity index (χ0) is 12.3. The average Bonchev–Trinajstić information content (AvgIpc) is 2.29. The lowest BCUT2D eigenvalue weighted by Gasteiger charge is -2.07. The standard InChI is InChI=1S/C11H12N2O3S/c12-6-8-17(14,15)16-10-5-1-3-9-4-2-7-13-11(9)10/h1-5,7H,6,8,12H2. The Labute approximate surface area is 99.4 Å². The molecule has 2 N–H and O–H groups in total. The van der Waals surface area contributed by atoms with Crippen LogP contribution in [0.4, 0.5) is 0 Å². The molecule has 2 rings (SSSR count). The first-order chi connectivity index (χ1) is 8.12. The number of benzene rings is 1. The van der Waals surface area contributed by atoms with Crippen LogP contribution in [0.1, 0.15) is 0 Å². The predicted molar refractivity (Wildman–Crippen MR) is 65.2 cm³/mol. The fourth-order valence-electron chi connectivity index (χ4n) is 1.47. The quantitative estimate of drug-likeness (QED) is 0.817. The van der Waals surface area contributed by atoms with Crippen LogP contribution in [-0.2, 0) is 10.1 Å². The van der Waals surface area contributed by atoms with Gasteiger partial charge in [0.2, 0.25) is 0 Å². The van der Waals surface area contributed by atoms with Crippen LogP contribution in [0.3, 0.4) is 0 Å². The lowest BCUT2D eigenvalue weighted by molar-refractivity contribution is 0.488. The van der Waals surface area contributed by atoms with Crippen molar-refractivity contribution in [2.24, 2.45) is 5.73 Å². The summed E-state index contributed by atoms with van der Waals surface area (Å²) in [7, 11) is -3.64. The van der Waals surface area contributed by atoms with Crippen LogP contribution in [0, 0.1) is 0 Å². The van der Waals surface area contributed by atoms with E-state index in [1.54, 1.807) is 24.4 Å². The van der Waals surface area contributed by atoms with E-state index >= 15 is 0 Å². The third kappa shape index (κ3) is 2.72. The highest BCUT2D eigenvalue weighted by Crippen LogP contribution is 2.24. The molecule has 17 heavy (non-hydrogen) atoms. The molecule has 6 heteroatoms. The minimum Gasteiger partial charge on any atom is -0.380 e. The van der Waals surface area contributed by atoms with Gasteiger partial charge in [0.1, 0.15) is 5.52 Å². The molecule has 0 spiro atoms. The highest BCUT2D eigenvalue weighted by Gasteiger charge is 2.13. The number of rotatable bonds is 4. The molecule has 0 aliphatic carbocycles. The molecular weight excluding hydrogens is 240 g/mol. The van der Waals surface area contributed by atoms with Gasteiger partial charge >= 0.3 is 10.1 Å². The maximum Gasteiger partial charge on any atom is 0.310 e. The number of nitrogens with two attached hydrogens (primary N) is 1. The second kappa shape index (κ2) is 4.68. The average molecular weight is 252 g/mol. The molecule has 0 saturated heterocycles. The van der Waals surface area contributed by atoms with Crippen molar-refractivity contribution < 1.29 is 12.6 Å². The molecule has 90 valence electrons. The summed E-state index contributed by atoms with van der Waals surface area (Å²) in [6.07, 6.45) is 1.59. The Bertz CT molecular complexity index is 620. The van der Waals surface area contributed by atoms with E-state index in [1.165, 1.54) is 0 Å². The number of hydrogen-bond acceptors (Lipinski definition) is 5. The summed E-state index contributed by atoms with van der Waals surface area (Å²) >= 11 is 0. The normalized spacial score (nSPS) is 11.6. The van der Waals surface area contributed by atoms with Crippen molar-refractivity contribution in [2.45, 2.75) is 0 Å². The summed E-state index contributed by atoms with van der Waals surface area (Å²) < 4.78 is 28.0. The predicted octanol–water partition coefficient (Wildman–Crippen LogP) is 0.902. The highest BCUT2D eigenvalue weighted by atomic mass is 32.2. The molecule has 2 aromatic rings. The van der Waals surface area contributed by atoms with Crippen LogP contribution in [0.5, 0.6) is 5.75 Å². The number of fused-ring (bicyclic) bond motifs is 1. The molecular formula is C11H12N2O3S. The summed E-state index contributed by atoms with van der Waals surface area (Å²) in [5.41, 5.74) is 5.73. The highest BCUT2D eigenvalue weighted by molar-refractivity contribution is 7.87. The lowest BCUT2D eigenvalue weighted by atomic mass is 10.2. The van der Waals surface area contributed by atoms with Crippen LogP contribution >= 0.6 is 0 Å². The first-order valence-electron chi connectivity index (χ1n) is 5.08. The van der Waals surface area contributed by atoms with Gasteiger partial charge in [0.25, 0.3) is 0 Å². The molecule has 0 aliphatic heterocycles. The van der Waals surface area contributed by atoms with E-state index < -0.39 is 10.1 Å². The maximum atomic E-state index is 11.5. The molecule has 1 aromatic heterocycles. The Balaban J connectivity index is 2.43. The number of para-hydroxylation sites is 1. The van der Waals surface area contributed by atoms with Gasteiger partial charge in [0.15, 0.2) is 5.75 Å². The van der Waals surface area contributed by atoms with Crippen LogP contribution in [-0.4, -0.2) is 25.7 Å². The Kier molecular flexibility index (Phi) is 3.26. The SMILES string of the molecule is NCCS(=O)(=O)Oc1cccc2cccnc12. The van der Waals surface area contributed by atoms with Crippen molar-refractivity contribution in [3.8, 4) is 5.75 Å². The van der Waals surface area contributed by atoms with Crippen LogP contribution < -0.4 is 9.92 Å². The van der Waals surface area contributed by atoms with Crippen molar-refractivity contribution in [3.05, 3.63) is 36.5 Å². The Morgan fingerprint density at radius 1 is 1.24 bits per heavy atom. The van der Waals surface area contributed by atoms with Crippen molar-refractivity contribution in [3.63, 3.8) is 0 Å². The zero-order valence-corrected chi connectivity index (χ0v) is 9.85. The summed E-state index contributed by atoms with van der Waals surface area (Å²) in [5, 5.41) is 0.827. The Morgan fingerprint density at radius 2 is 2.00 bits per heavy atom. The van der Waals surface area contributed by atoms with Gasteiger partial charge in [-0.15, -0.1) is 0 Å². The van der Waals surface area contributed by atoms with Crippen molar-refractivity contribution in [2.75, 3.05) is 12.3 Å².